The van der Waals surface area contributed by atoms with Crippen molar-refractivity contribution in [1.82, 2.24) is 0 Å². The number of nitrogens with two attached hydrogens (primary N) is 2. The van der Waals surface area contributed by atoms with Gasteiger partial charge in [-0.1, -0.05) is 12.1 Å². The predicted octanol–water partition coefficient (Wildman–Crippen LogP) is 2.33. The summed E-state index contributed by atoms with van der Waals surface area (Å²) in [6.07, 6.45) is 0. The van der Waals surface area contributed by atoms with E-state index in [1.165, 1.54) is 18.2 Å². The van der Waals surface area contributed by atoms with Gasteiger partial charge in [0.2, 0.25) is 10.0 Å². The molecular formula is C14H16N2O3S. The Labute approximate surface area is 118 Å². The highest BCUT2D eigenvalue weighted by molar-refractivity contribution is 7.89. The van der Waals surface area contributed by atoms with E-state index in [2.05, 4.69) is 0 Å². The molecule has 0 aliphatic heterocycles. The number of hydrogen-bond donors (Lipinski definition) is 2. The van der Waals surface area contributed by atoms with Gasteiger partial charge in [-0.15, -0.1) is 0 Å². The van der Waals surface area contributed by atoms with Crippen LogP contribution >= 0.6 is 0 Å². The van der Waals surface area contributed by atoms with E-state index in [1.807, 2.05) is 32.0 Å². The fraction of sp³-hybridized carbons (Fsp3) is 0.143. The van der Waals surface area contributed by atoms with Crippen molar-refractivity contribution in [3.05, 3.63) is 47.5 Å². The van der Waals surface area contributed by atoms with Crippen molar-refractivity contribution in [3.8, 4) is 11.5 Å². The number of aryl methyl sites for hydroxylation is 1. The van der Waals surface area contributed by atoms with Gasteiger partial charge in [0.15, 0.2) is 0 Å². The molecule has 0 atom stereocenters. The Kier molecular flexibility index (Phi) is 3.69. The van der Waals surface area contributed by atoms with Crippen LogP contribution in [0.25, 0.3) is 0 Å². The number of rotatable bonds is 3. The molecule has 0 amide bonds. The molecular weight excluding hydrogens is 276 g/mol. The maximum Gasteiger partial charge on any atom is 0.240 e. The molecule has 0 heterocycles. The van der Waals surface area contributed by atoms with Gasteiger partial charge in [0, 0.05) is 6.07 Å². The Balaban J connectivity index is 2.36. The van der Waals surface area contributed by atoms with Gasteiger partial charge in [0.25, 0.3) is 0 Å². The van der Waals surface area contributed by atoms with E-state index in [0.29, 0.717) is 11.5 Å². The fourth-order valence-electron chi connectivity index (χ4n) is 1.81. The van der Waals surface area contributed by atoms with E-state index >= 15 is 0 Å². The van der Waals surface area contributed by atoms with Crippen LogP contribution in [-0.2, 0) is 10.0 Å². The van der Waals surface area contributed by atoms with Crippen molar-refractivity contribution < 1.29 is 13.2 Å². The van der Waals surface area contributed by atoms with E-state index in [9.17, 15) is 8.42 Å². The van der Waals surface area contributed by atoms with Crippen molar-refractivity contribution in [2.75, 3.05) is 5.73 Å². The van der Waals surface area contributed by atoms with Crippen LogP contribution in [0.15, 0.2) is 41.3 Å². The van der Waals surface area contributed by atoms with E-state index in [-0.39, 0.29) is 10.6 Å². The van der Waals surface area contributed by atoms with Gasteiger partial charge in [0.1, 0.15) is 16.4 Å². The molecule has 0 fully saturated rings. The molecule has 0 aliphatic rings. The fourth-order valence-corrected chi connectivity index (χ4v) is 2.46. The largest absolute Gasteiger partial charge is 0.457 e. The summed E-state index contributed by atoms with van der Waals surface area (Å²) < 4.78 is 28.3. The molecule has 0 spiro atoms. The molecule has 0 radical (unpaired) electrons. The van der Waals surface area contributed by atoms with Crippen LogP contribution in [0.3, 0.4) is 0 Å². The van der Waals surface area contributed by atoms with Gasteiger partial charge in [-0.2, -0.15) is 0 Å². The lowest BCUT2D eigenvalue weighted by Crippen LogP contribution is -2.14. The predicted molar refractivity (Wildman–Crippen MR) is 78.2 cm³/mol. The third kappa shape index (κ3) is 2.92. The van der Waals surface area contributed by atoms with Crippen LogP contribution in [0.2, 0.25) is 0 Å². The average molecular weight is 292 g/mol. The average Bonchev–Trinajstić information content (AvgIpc) is 2.33. The second kappa shape index (κ2) is 5.15. The zero-order chi connectivity index (χ0) is 14.9. The summed E-state index contributed by atoms with van der Waals surface area (Å²) in [5, 5.41) is 5.06. The Hall–Kier alpha value is -2.05. The molecule has 0 saturated carbocycles. The Morgan fingerprint density at radius 2 is 1.80 bits per heavy atom. The monoisotopic (exact) mass is 292 g/mol. The van der Waals surface area contributed by atoms with Crippen molar-refractivity contribution >= 4 is 15.7 Å². The topological polar surface area (TPSA) is 95.4 Å². The summed E-state index contributed by atoms with van der Waals surface area (Å²) in [4.78, 5) is -0.106. The maximum absolute atomic E-state index is 11.3. The van der Waals surface area contributed by atoms with E-state index in [1.54, 1.807) is 0 Å². The first-order valence-corrected chi connectivity index (χ1v) is 7.50. The third-order valence-electron chi connectivity index (χ3n) is 3.07. The van der Waals surface area contributed by atoms with Gasteiger partial charge in [-0.25, -0.2) is 13.6 Å². The van der Waals surface area contributed by atoms with Crippen LogP contribution < -0.4 is 15.6 Å². The molecule has 0 saturated heterocycles. The van der Waals surface area contributed by atoms with Gasteiger partial charge < -0.3 is 10.5 Å². The third-order valence-corrected chi connectivity index (χ3v) is 4.06. The number of anilines is 1. The number of hydrogen-bond acceptors (Lipinski definition) is 4. The van der Waals surface area contributed by atoms with Crippen LogP contribution in [0, 0.1) is 13.8 Å². The number of sulfonamides is 1. The molecule has 2 rings (SSSR count). The summed E-state index contributed by atoms with van der Waals surface area (Å²) in [5.74, 6) is 1.16. The summed E-state index contributed by atoms with van der Waals surface area (Å²) in [6, 6.07) is 10.0. The molecule has 5 nitrogen and oxygen atoms in total. The first-order valence-electron chi connectivity index (χ1n) is 5.95. The zero-order valence-electron chi connectivity index (χ0n) is 11.3. The number of ether oxygens (including phenoxy) is 1. The van der Waals surface area contributed by atoms with Crippen molar-refractivity contribution in [2.24, 2.45) is 5.14 Å². The van der Waals surface area contributed by atoms with Gasteiger partial charge in [-0.05, 0) is 43.2 Å². The van der Waals surface area contributed by atoms with Gasteiger partial charge >= 0.3 is 0 Å². The summed E-state index contributed by atoms with van der Waals surface area (Å²) in [5.41, 5.74) is 7.88. The van der Waals surface area contributed by atoms with Gasteiger partial charge in [-0.3, -0.25) is 0 Å². The maximum atomic E-state index is 11.3. The number of benzene rings is 2. The van der Waals surface area contributed by atoms with Crippen molar-refractivity contribution in [1.29, 1.82) is 0 Å². The minimum atomic E-state index is -3.82. The lowest BCUT2D eigenvalue weighted by atomic mass is 10.1. The molecule has 2 aromatic carbocycles. The standard InChI is InChI=1S/C14H16N2O3S/c1-9-4-3-5-13(10(9)2)19-11-6-7-14(12(15)8-11)20(16,17)18/h3-8H,15H2,1-2H3,(H2,16,17,18). The normalized spacial score (nSPS) is 11.3. The zero-order valence-corrected chi connectivity index (χ0v) is 12.1. The SMILES string of the molecule is Cc1cccc(Oc2ccc(S(N)(=O)=O)c(N)c2)c1C. The summed E-state index contributed by atoms with van der Waals surface area (Å²) in [6.45, 7) is 3.94. The van der Waals surface area contributed by atoms with E-state index in [0.717, 1.165) is 11.1 Å². The molecule has 106 valence electrons. The van der Waals surface area contributed by atoms with Crippen LogP contribution in [0.1, 0.15) is 11.1 Å². The van der Waals surface area contributed by atoms with E-state index in [4.69, 9.17) is 15.6 Å². The smallest absolute Gasteiger partial charge is 0.240 e. The molecule has 20 heavy (non-hydrogen) atoms. The minimum Gasteiger partial charge on any atom is -0.457 e. The molecule has 2 aromatic rings. The van der Waals surface area contributed by atoms with Crippen LogP contribution in [0.5, 0.6) is 11.5 Å². The molecule has 0 aromatic heterocycles. The Morgan fingerprint density at radius 3 is 2.40 bits per heavy atom. The minimum absolute atomic E-state index is 0.0651. The highest BCUT2D eigenvalue weighted by Gasteiger charge is 2.13. The van der Waals surface area contributed by atoms with Crippen molar-refractivity contribution in [3.63, 3.8) is 0 Å². The molecule has 0 unspecified atom stereocenters. The van der Waals surface area contributed by atoms with Crippen LogP contribution in [-0.4, -0.2) is 8.42 Å². The second-order valence-corrected chi connectivity index (χ2v) is 6.07. The Bertz CT molecular complexity index is 755. The quantitative estimate of drug-likeness (QED) is 0.849. The first-order chi connectivity index (χ1) is 9.29. The number of nitrogen functional groups attached to an aromatic ring is 1. The summed E-state index contributed by atoms with van der Waals surface area (Å²) >= 11 is 0. The molecule has 4 N–H and O–H groups in total. The highest BCUT2D eigenvalue weighted by Crippen LogP contribution is 2.29. The summed E-state index contributed by atoms with van der Waals surface area (Å²) in [7, 11) is -3.82. The first kappa shape index (κ1) is 14.4. The second-order valence-electron chi connectivity index (χ2n) is 4.54. The molecule has 0 bridgehead atoms. The molecule has 6 heteroatoms. The lowest BCUT2D eigenvalue weighted by molar-refractivity contribution is 0.478. The van der Waals surface area contributed by atoms with Gasteiger partial charge in [0.05, 0.1) is 5.69 Å². The van der Waals surface area contributed by atoms with E-state index < -0.39 is 10.0 Å². The number of primary sulfonamides is 1. The van der Waals surface area contributed by atoms with Crippen molar-refractivity contribution in [2.45, 2.75) is 18.7 Å². The van der Waals surface area contributed by atoms with Crippen LogP contribution in [0.4, 0.5) is 5.69 Å². The molecule has 0 aliphatic carbocycles. The highest BCUT2D eigenvalue weighted by atomic mass is 32.2. The lowest BCUT2D eigenvalue weighted by Gasteiger charge is -2.12. The Morgan fingerprint density at radius 1 is 1.10 bits per heavy atom.